The highest BCUT2D eigenvalue weighted by Gasteiger charge is 2.26. The van der Waals surface area contributed by atoms with Crippen molar-refractivity contribution < 1.29 is 9.18 Å². The Labute approximate surface area is 148 Å². The highest BCUT2D eigenvalue weighted by molar-refractivity contribution is 5.97. The van der Waals surface area contributed by atoms with E-state index in [1.807, 2.05) is 18.2 Å². The summed E-state index contributed by atoms with van der Waals surface area (Å²) in [6.07, 6.45) is 2.55. The average molecular weight is 340 g/mol. The van der Waals surface area contributed by atoms with Crippen molar-refractivity contribution >= 4 is 5.78 Å². The Kier molecular flexibility index (Phi) is 5.95. The Hall–Kier alpha value is -2.04. The van der Waals surface area contributed by atoms with E-state index in [2.05, 4.69) is 17.0 Å². The van der Waals surface area contributed by atoms with Crippen molar-refractivity contribution in [1.29, 1.82) is 0 Å². The molecule has 1 aliphatic heterocycles. The van der Waals surface area contributed by atoms with Gasteiger partial charge in [-0.2, -0.15) is 0 Å². The molecule has 4 heteroatoms. The lowest BCUT2D eigenvalue weighted by molar-refractivity contribution is 0.0836. The fourth-order valence-corrected chi connectivity index (χ4v) is 3.54. The number of Topliss-reactive ketones (excluding diaryl/α,β-unsaturated/α-hetero) is 1. The molecule has 2 aromatic carbocycles. The van der Waals surface area contributed by atoms with E-state index in [1.54, 1.807) is 12.1 Å². The maximum absolute atomic E-state index is 13.0. The topological polar surface area (TPSA) is 46.3 Å². The van der Waals surface area contributed by atoms with E-state index in [9.17, 15) is 9.18 Å². The molecule has 0 aromatic heterocycles. The smallest absolute Gasteiger partial charge is 0.166 e. The van der Waals surface area contributed by atoms with E-state index >= 15 is 0 Å². The van der Waals surface area contributed by atoms with Crippen LogP contribution in [0.5, 0.6) is 0 Å². The molecule has 0 aliphatic carbocycles. The van der Waals surface area contributed by atoms with Gasteiger partial charge in [0, 0.05) is 24.1 Å². The fraction of sp³-hybridized carbons (Fsp3) is 0.381. The molecule has 3 rings (SSSR count). The van der Waals surface area contributed by atoms with Crippen molar-refractivity contribution in [2.75, 3.05) is 19.6 Å². The van der Waals surface area contributed by atoms with Crippen LogP contribution in [0, 0.1) is 11.7 Å². The molecule has 0 spiro atoms. The number of rotatable bonds is 6. The largest absolute Gasteiger partial charge is 0.326 e. The third-order valence-corrected chi connectivity index (χ3v) is 4.92. The third-order valence-electron chi connectivity index (χ3n) is 4.92. The highest BCUT2D eigenvalue weighted by atomic mass is 19.1. The number of nitrogens with zero attached hydrogens (tertiary/aromatic N) is 1. The van der Waals surface area contributed by atoms with Gasteiger partial charge >= 0.3 is 0 Å². The van der Waals surface area contributed by atoms with Crippen LogP contribution >= 0.6 is 0 Å². The first kappa shape index (κ1) is 17.8. The van der Waals surface area contributed by atoms with Gasteiger partial charge < -0.3 is 10.6 Å². The molecule has 0 bridgehead atoms. The molecule has 1 aliphatic rings. The van der Waals surface area contributed by atoms with Crippen LogP contribution in [0.15, 0.2) is 54.6 Å². The molecule has 2 N–H and O–H groups in total. The lowest BCUT2D eigenvalue weighted by Crippen LogP contribution is -2.43. The monoisotopic (exact) mass is 340 g/mol. The third kappa shape index (κ3) is 4.97. The molecule has 1 saturated heterocycles. The van der Waals surface area contributed by atoms with Gasteiger partial charge in [0.05, 0.1) is 0 Å². The number of nitrogens with two attached hydrogens (primary N) is 1. The van der Waals surface area contributed by atoms with Crippen molar-refractivity contribution in [2.24, 2.45) is 11.7 Å². The molecule has 1 atom stereocenters. The van der Waals surface area contributed by atoms with Crippen molar-refractivity contribution in [3.05, 3.63) is 71.5 Å². The van der Waals surface area contributed by atoms with Crippen LogP contribution in [-0.2, 0) is 6.42 Å². The van der Waals surface area contributed by atoms with Gasteiger partial charge in [-0.15, -0.1) is 0 Å². The van der Waals surface area contributed by atoms with Crippen molar-refractivity contribution in [2.45, 2.75) is 25.3 Å². The number of hydrogen-bond acceptors (Lipinski definition) is 3. The predicted octanol–water partition coefficient (Wildman–Crippen LogP) is 3.29. The lowest BCUT2D eigenvalue weighted by atomic mass is 9.88. The second-order valence-electron chi connectivity index (χ2n) is 6.90. The Morgan fingerprint density at radius 3 is 2.36 bits per heavy atom. The van der Waals surface area contributed by atoms with Gasteiger partial charge in [-0.25, -0.2) is 4.39 Å². The van der Waals surface area contributed by atoms with Crippen LogP contribution in [0.3, 0.4) is 0 Å². The Balaban J connectivity index is 1.46. The quantitative estimate of drug-likeness (QED) is 0.821. The van der Waals surface area contributed by atoms with E-state index in [0.29, 0.717) is 5.56 Å². The summed E-state index contributed by atoms with van der Waals surface area (Å²) >= 11 is 0. The van der Waals surface area contributed by atoms with Crippen molar-refractivity contribution in [3.63, 3.8) is 0 Å². The number of hydrogen-bond donors (Lipinski definition) is 1. The molecule has 1 heterocycles. The zero-order chi connectivity index (χ0) is 17.6. The highest BCUT2D eigenvalue weighted by Crippen LogP contribution is 2.22. The number of likely N-dealkylation sites (tertiary alicyclic amines) is 1. The number of piperidine rings is 1. The maximum Gasteiger partial charge on any atom is 0.166 e. The number of ketones is 1. The van der Waals surface area contributed by atoms with Gasteiger partial charge in [-0.1, -0.05) is 30.3 Å². The first-order valence-electron chi connectivity index (χ1n) is 8.93. The molecule has 1 fully saturated rings. The summed E-state index contributed by atoms with van der Waals surface area (Å²) in [7, 11) is 0. The first-order chi connectivity index (χ1) is 12.1. The standard InChI is InChI=1S/C21H25FN2O/c22-19-8-6-17(7-9-19)21(25)18-10-12-24(13-11-18)15-20(23)14-16-4-2-1-3-5-16/h1-9,18,20H,10-15,23H2/t20-/m0/s1. The normalized spacial score (nSPS) is 17.4. The molecule has 2 aromatic rings. The Morgan fingerprint density at radius 1 is 1.08 bits per heavy atom. The second kappa shape index (κ2) is 8.37. The summed E-state index contributed by atoms with van der Waals surface area (Å²) in [5, 5.41) is 0. The van der Waals surface area contributed by atoms with Crippen LogP contribution in [-0.4, -0.2) is 36.4 Å². The lowest BCUT2D eigenvalue weighted by Gasteiger charge is -2.33. The summed E-state index contributed by atoms with van der Waals surface area (Å²) < 4.78 is 13.0. The molecule has 25 heavy (non-hydrogen) atoms. The van der Waals surface area contributed by atoms with Gasteiger partial charge in [0.1, 0.15) is 5.82 Å². The molecule has 132 valence electrons. The second-order valence-corrected chi connectivity index (χ2v) is 6.90. The van der Waals surface area contributed by atoms with Crippen LogP contribution < -0.4 is 5.73 Å². The molecule has 0 radical (unpaired) electrons. The first-order valence-corrected chi connectivity index (χ1v) is 8.93. The van der Waals surface area contributed by atoms with E-state index < -0.39 is 0 Å². The summed E-state index contributed by atoms with van der Waals surface area (Å²) in [5.74, 6) is -0.140. The Morgan fingerprint density at radius 2 is 1.72 bits per heavy atom. The number of halogens is 1. The van der Waals surface area contributed by atoms with Crippen LogP contribution in [0.2, 0.25) is 0 Å². The number of carbonyl (C=O) groups is 1. The van der Waals surface area contributed by atoms with Crippen LogP contribution in [0.25, 0.3) is 0 Å². The summed E-state index contributed by atoms with van der Waals surface area (Å²) in [4.78, 5) is 14.9. The van der Waals surface area contributed by atoms with E-state index in [-0.39, 0.29) is 23.6 Å². The summed E-state index contributed by atoms with van der Waals surface area (Å²) in [5.41, 5.74) is 8.16. The van der Waals surface area contributed by atoms with Gasteiger partial charge in [0.15, 0.2) is 5.78 Å². The number of carbonyl (C=O) groups excluding carboxylic acids is 1. The van der Waals surface area contributed by atoms with Crippen LogP contribution in [0.4, 0.5) is 4.39 Å². The summed E-state index contributed by atoms with van der Waals surface area (Å²) in [6, 6.07) is 16.3. The van der Waals surface area contributed by atoms with Crippen molar-refractivity contribution in [3.8, 4) is 0 Å². The van der Waals surface area contributed by atoms with Gasteiger partial charge in [0.2, 0.25) is 0 Å². The minimum Gasteiger partial charge on any atom is -0.326 e. The molecule has 0 amide bonds. The molecule has 3 nitrogen and oxygen atoms in total. The van der Waals surface area contributed by atoms with Gasteiger partial charge in [-0.3, -0.25) is 4.79 Å². The van der Waals surface area contributed by atoms with E-state index in [4.69, 9.17) is 5.73 Å². The predicted molar refractivity (Wildman–Crippen MR) is 98.0 cm³/mol. The Bertz CT molecular complexity index is 679. The van der Waals surface area contributed by atoms with Gasteiger partial charge in [0.25, 0.3) is 0 Å². The molecular weight excluding hydrogens is 315 g/mol. The van der Waals surface area contributed by atoms with Crippen molar-refractivity contribution in [1.82, 2.24) is 4.90 Å². The minimum atomic E-state index is -0.307. The molecule has 0 saturated carbocycles. The van der Waals surface area contributed by atoms with E-state index in [0.717, 1.165) is 38.9 Å². The SMILES string of the molecule is N[C@@H](Cc1ccccc1)CN1CCC(C(=O)c2ccc(F)cc2)CC1. The average Bonchev–Trinajstić information content (AvgIpc) is 2.63. The zero-order valence-electron chi connectivity index (χ0n) is 14.4. The van der Waals surface area contributed by atoms with Gasteiger partial charge in [-0.05, 0) is 62.2 Å². The van der Waals surface area contributed by atoms with E-state index in [1.165, 1.54) is 17.7 Å². The summed E-state index contributed by atoms with van der Waals surface area (Å²) in [6.45, 7) is 2.63. The van der Waals surface area contributed by atoms with Crippen LogP contribution in [0.1, 0.15) is 28.8 Å². The minimum absolute atomic E-state index is 0.0343. The fourth-order valence-electron chi connectivity index (χ4n) is 3.54. The molecule has 0 unspecified atom stereocenters. The zero-order valence-corrected chi connectivity index (χ0v) is 14.4. The maximum atomic E-state index is 13.0. The number of benzene rings is 2. The molecular formula is C21H25FN2O.